The Morgan fingerprint density at radius 1 is 1.00 bits per heavy atom. The smallest absolute Gasteiger partial charge is 0.171 e. The van der Waals surface area contributed by atoms with Gasteiger partial charge in [0.1, 0.15) is 0 Å². The summed E-state index contributed by atoms with van der Waals surface area (Å²) in [5.41, 5.74) is 5.78. The SMILES string of the molecule is Cc1ccc(C(NC(=S)Nc2ccc(C)c(Cl)c2)C(C)C)c(C)c1. The van der Waals surface area contributed by atoms with Crippen molar-refractivity contribution in [2.24, 2.45) is 5.92 Å². The molecule has 0 bridgehead atoms. The standard InChI is InChI=1S/C20H25ClN2S/c1-12(2)19(17-9-6-13(3)10-15(17)5)23-20(24)22-16-8-7-14(4)18(21)11-16/h6-12,19H,1-5H3,(H2,22,23,24). The van der Waals surface area contributed by atoms with Gasteiger partial charge in [-0.2, -0.15) is 0 Å². The number of hydrogen-bond acceptors (Lipinski definition) is 1. The zero-order chi connectivity index (χ0) is 17.9. The maximum atomic E-state index is 6.18. The highest BCUT2D eigenvalue weighted by molar-refractivity contribution is 7.80. The van der Waals surface area contributed by atoms with Crippen LogP contribution in [0.25, 0.3) is 0 Å². The fourth-order valence-corrected chi connectivity index (χ4v) is 3.18. The maximum absolute atomic E-state index is 6.18. The molecule has 2 aromatic carbocycles. The molecule has 0 saturated heterocycles. The van der Waals surface area contributed by atoms with Gasteiger partial charge in [-0.15, -0.1) is 0 Å². The summed E-state index contributed by atoms with van der Waals surface area (Å²) in [6, 6.07) is 12.6. The van der Waals surface area contributed by atoms with Crippen molar-refractivity contribution in [3.8, 4) is 0 Å². The molecule has 1 unspecified atom stereocenters. The predicted octanol–water partition coefficient (Wildman–Crippen LogP) is 5.95. The molecule has 0 spiro atoms. The summed E-state index contributed by atoms with van der Waals surface area (Å²) in [5.74, 6) is 0.410. The molecular formula is C20H25ClN2S. The van der Waals surface area contributed by atoms with Crippen molar-refractivity contribution in [3.63, 3.8) is 0 Å². The molecule has 0 aliphatic carbocycles. The molecule has 2 aromatic rings. The Kier molecular flexibility index (Phi) is 6.25. The largest absolute Gasteiger partial charge is 0.355 e. The number of thiocarbonyl (C=S) groups is 1. The molecule has 0 saturated carbocycles. The minimum absolute atomic E-state index is 0.159. The van der Waals surface area contributed by atoms with Crippen molar-refractivity contribution in [1.82, 2.24) is 5.32 Å². The molecule has 0 radical (unpaired) electrons. The molecule has 2 N–H and O–H groups in total. The van der Waals surface area contributed by atoms with Gasteiger partial charge in [0.15, 0.2) is 5.11 Å². The number of rotatable bonds is 4. The second-order valence-electron chi connectivity index (χ2n) is 6.64. The lowest BCUT2D eigenvalue weighted by Crippen LogP contribution is -2.35. The maximum Gasteiger partial charge on any atom is 0.171 e. The van der Waals surface area contributed by atoms with E-state index in [2.05, 4.69) is 56.5 Å². The van der Waals surface area contributed by atoms with Crippen LogP contribution in [0.5, 0.6) is 0 Å². The van der Waals surface area contributed by atoms with Crippen LogP contribution in [0.15, 0.2) is 36.4 Å². The summed E-state index contributed by atoms with van der Waals surface area (Å²) in [6.07, 6.45) is 0. The second kappa shape index (κ2) is 8.00. The minimum Gasteiger partial charge on any atom is -0.355 e. The van der Waals surface area contributed by atoms with Crippen LogP contribution in [-0.2, 0) is 0 Å². The number of hydrogen-bond donors (Lipinski definition) is 2. The molecule has 2 nitrogen and oxygen atoms in total. The van der Waals surface area contributed by atoms with E-state index in [9.17, 15) is 0 Å². The lowest BCUT2D eigenvalue weighted by atomic mass is 9.92. The van der Waals surface area contributed by atoms with Gasteiger partial charge >= 0.3 is 0 Å². The first kappa shape index (κ1) is 18.8. The van der Waals surface area contributed by atoms with Gasteiger partial charge in [0.05, 0.1) is 6.04 Å². The van der Waals surface area contributed by atoms with E-state index in [0.29, 0.717) is 11.0 Å². The van der Waals surface area contributed by atoms with Crippen molar-refractivity contribution in [1.29, 1.82) is 0 Å². The lowest BCUT2D eigenvalue weighted by Gasteiger charge is -2.26. The van der Waals surface area contributed by atoms with Crippen LogP contribution in [0.3, 0.4) is 0 Å². The van der Waals surface area contributed by atoms with Crippen LogP contribution in [-0.4, -0.2) is 5.11 Å². The number of nitrogens with one attached hydrogen (secondary N) is 2. The van der Waals surface area contributed by atoms with Crippen molar-refractivity contribution < 1.29 is 0 Å². The van der Waals surface area contributed by atoms with Crippen LogP contribution >= 0.6 is 23.8 Å². The zero-order valence-corrected chi connectivity index (χ0v) is 16.5. The number of anilines is 1. The highest BCUT2D eigenvalue weighted by Crippen LogP contribution is 2.26. The first-order valence-electron chi connectivity index (χ1n) is 8.18. The van der Waals surface area contributed by atoms with Crippen LogP contribution in [0.4, 0.5) is 5.69 Å². The highest BCUT2D eigenvalue weighted by Gasteiger charge is 2.18. The van der Waals surface area contributed by atoms with Gasteiger partial charge in [0.25, 0.3) is 0 Å². The molecule has 24 heavy (non-hydrogen) atoms. The Bertz CT molecular complexity index is 740. The Hall–Kier alpha value is -1.58. The Labute approximate surface area is 155 Å². The third kappa shape index (κ3) is 4.71. The predicted molar refractivity (Wildman–Crippen MR) is 109 cm³/mol. The highest BCUT2D eigenvalue weighted by atomic mass is 35.5. The summed E-state index contributed by atoms with van der Waals surface area (Å²) < 4.78 is 0. The average Bonchev–Trinajstić information content (AvgIpc) is 2.49. The summed E-state index contributed by atoms with van der Waals surface area (Å²) in [4.78, 5) is 0. The van der Waals surface area contributed by atoms with Crippen molar-refractivity contribution in [2.45, 2.75) is 40.7 Å². The number of halogens is 1. The van der Waals surface area contributed by atoms with E-state index in [0.717, 1.165) is 16.3 Å². The minimum atomic E-state index is 0.159. The summed E-state index contributed by atoms with van der Waals surface area (Å²) in [7, 11) is 0. The lowest BCUT2D eigenvalue weighted by molar-refractivity contribution is 0.471. The molecule has 0 fully saturated rings. The van der Waals surface area contributed by atoms with Gasteiger partial charge in [0.2, 0.25) is 0 Å². The van der Waals surface area contributed by atoms with E-state index < -0.39 is 0 Å². The number of aryl methyl sites for hydroxylation is 3. The summed E-state index contributed by atoms with van der Waals surface area (Å²) >= 11 is 11.7. The molecule has 0 amide bonds. The van der Waals surface area contributed by atoms with E-state index in [4.69, 9.17) is 23.8 Å². The van der Waals surface area contributed by atoms with Gasteiger partial charge < -0.3 is 10.6 Å². The monoisotopic (exact) mass is 360 g/mol. The fraction of sp³-hybridized carbons (Fsp3) is 0.350. The molecule has 0 heterocycles. The molecule has 1 atom stereocenters. The molecule has 128 valence electrons. The molecule has 2 rings (SSSR count). The van der Waals surface area contributed by atoms with Crippen LogP contribution in [0.2, 0.25) is 5.02 Å². The molecule has 0 aliphatic rings. The van der Waals surface area contributed by atoms with Gasteiger partial charge in [-0.05, 0) is 67.7 Å². The number of benzene rings is 2. The molecular weight excluding hydrogens is 336 g/mol. The van der Waals surface area contributed by atoms with E-state index in [1.807, 2.05) is 25.1 Å². The van der Waals surface area contributed by atoms with Gasteiger partial charge in [-0.25, -0.2) is 0 Å². The molecule has 4 heteroatoms. The summed E-state index contributed by atoms with van der Waals surface area (Å²) in [6.45, 7) is 10.6. The first-order valence-corrected chi connectivity index (χ1v) is 8.97. The van der Waals surface area contributed by atoms with Crippen molar-refractivity contribution in [3.05, 3.63) is 63.7 Å². The Morgan fingerprint density at radius 2 is 1.71 bits per heavy atom. The van der Waals surface area contributed by atoms with Gasteiger partial charge in [0, 0.05) is 10.7 Å². The average molecular weight is 361 g/mol. The Balaban J connectivity index is 2.15. The Morgan fingerprint density at radius 3 is 2.29 bits per heavy atom. The van der Waals surface area contributed by atoms with Crippen molar-refractivity contribution in [2.75, 3.05) is 5.32 Å². The fourth-order valence-electron chi connectivity index (χ4n) is 2.76. The van der Waals surface area contributed by atoms with Crippen molar-refractivity contribution >= 4 is 34.6 Å². The summed E-state index contributed by atoms with van der Waals surface area (Å²) in [5, 5.41) is 8.02. The van der Waals surface area contributed by atoms with Gasteiger partial charge in [-0.3, -0.25) is 0 Å². The van der Waals surface area contributed by atoms with E-state index in [1.54, 1.807) is 0 Å². The van der Waals surface area contributed by atoms with E-state index >= 15 is 0 Å². The quantitative estimate of drug-likeness (QED) is 0.659. The third-order valence-corrected chi connectivity index (χ3v) is 4.77. The third-order valence-electron chi connectivity index (χ3n) is 4.14. The first-order chi connectivity index (χ1) is 11.3. The van der Waals surface area contributed by atoms with E-state index in [1.165, 1.54) is 16.7 Å². The van der Waals surface area contributed by atoms with Crippen LogP contribution in [0, 0.1) is 26.7 Å². The van der Waals surface area contributed by atoms with Crippen LogP contribution < -0.4 is 10.6 Å². The van der Waals surface area contributed by atoms with Crippen LogP contribution in [0.1, 0.15) is 42.1 Å². The molecule has 0 aromatic heterocycles. The second-order valence-corrected chi connectivity index (χ2v) is 7.46. The van der Waals surface area contributed by atoms with Gasteiger partial charge in [-0.1, -0.05) is 55.3 Å². The zero-order valence-electron chi connectivity index (χ0n) is 14.9. The topological polar surface area (TPSA) is 24.1 Å². The molecule has 0 aliphatic heterocycles. The van der Waals surface area contributed by atoms with E-state index in [-0.39, 0.29) is 6.04 Å². The normalized spacial score (nSPS) is 12.1.